The van der Waals surface area contributed by atoms with Crippen LogP contribution in [0.25, 0.3) is 16.8 Å². The van der Waals surface area contributed by atoms with E-state index in [1.807, 2.05) is 24.3 Å². The average molecular weight is 407 g/mol. The standard InChI is InChI=1S/C21H19ClN6O/c1-13-18-4-3-14(16-9-24-26(2)11-16)7-15(18)5-6-27(13)21(29)19-8-20-23-10-17(22)12-28(20)25-19/h3-4,7-13H,5-6H2,1-2H3. The first kappa shape index (κ1) is 17.9. The van der Waals surface area contributed by atoms with Gasteiger partial charge in [0.25, 0.3) is 5.91 Å². The van der Waals surface area contributed by atoms with Crippen LogP contribution in [0.4, 0.5) is 0 Å². The summed E-state index contributed by atoms with van der Waals surface area (Å²) < 4.78 is 3.34. The van der Waals surface area contributed by atoms with Gasteiger partial charge in [-0.2, -0.15) is 10.2 Å². The number of hydrogen-bond acceptors (Lipinski definition) is 4. The molecule has 0 bridgehead atoms. The Labute approximate surface area is 172 Å². The van der Waals surface area contributed by atoms with Crippen molar-refractivity contribution < 1.29 is 4.79 Å². The summed E-state index contributed by atoms with van der Waals surface area (Å²) in [4.78, 5) is 19.2. The Kier molecular flexibility index (Phi) is 4.13. The van der Waals surface area contributed by atoms with Gasteiger partial charge in [-0.25, -0.2) is 9.50 Å². The Morgan fingerprint density at radius 3 is 2.83 bits per heavy atom. The van der Waals surface area contributed by atoms with Crippen LogP contribution in [0.1, 0.15) is 34.6 Å². The molecule has 7 nitrogen and oxygen atoms in total. The number of benzene rings is 1. The molecule has 4 heterocycles. The molecule has 1 unspecified atom stereocenters. The average Bonchev–Trinajstić information content (AvgIpc) is 3.33. The largest absolute Gasteiger partial charge is 0.330 e. The van der Waals surface area contributed by atoms with Gasteiger partial charge < -0.3 is 4.90 Å². The van der Waals surface area contributed by atoms with Crippen LogP contribution in [0.3, 0.4) is 0 Å². The summed E-state index contributed by atoms with van der Waals surface area (Å²) in [7, 11) is 1.91. The molecule has 1 aliphatic rings. The van der Waals surface area contributed by atoms with E-state index in [1.165, 1.54) is 15.6 Å². The van der Waals surface area contributed by atoms with Crippen LogP contribution in [-0.2, 0) is 13.5 Å². The predicted molar refractivity (Wildman–Crippen MR) is 110 cm³/mol. The second-order valence-electron chi connectivity index (χ2n) is 7.35. The van der Waals surface area contributed by atoms with Crippen LogP contribution >= 0.6 is 11.6 Å². The maximum atomic E-state index is 13.1. The molecule has 1 atom stereocenters. The predicted octanol–water partition coefficient (Wildman–Crippen LogP) is 3.54. The topological polar surface area (TPSA) is 68.3 Å². The smallest absolute Gasteiger partial charge is 0.274 e. The third-order valence-corrected chi connectivity index (χ3v) is 5.68. The Hall–Kier alpha value is -3.19. The molecule has 4 aromatic rings. The highest BCUT2D eigenvalue weighted by atomic mass is 35.5. The van der Waals surface area contributed by atoms with Crippen molar-refractivity contribution in [3.05, 3.63) is 70.9 Å². The Morgan fingerprint density at radius 1 is 1.17 bits per heavy atom. The van der Waals surface area contributed by atoms with Gasteiger partial charge in [0.1, 0.15) is 0 Å². The molecule has 146 valence electrons. The minimum atomic E-state index is -0.0962. The van der Waals surface area contributed by atoms with Crippen LogP contribution in [0, 0.1) is 0 Å². The number of aryl methyl sites for hydroxylation is 1. The second-order valence-corrected chi connectivity index (χ2v) is 7.78. The lowest BCUT2D eigenvalue weighted by Crippen LogP contribution is -2.39. The van der Waals surface area contributed by atoms with Crippen molar-refractivity contribution in [3.8, 4) is 11.1 Å². The Morgan fingerprint density at radius 2 is 2.03 bits per heavy atom. The highest BCUT2D eigenvalue weighted by Crippen LogP contribution is 2.33. The molecule has 29 heavy (non-hydrogen) atoms. The van der Waals surface area contributed by atoms with Crippen LogP contribution in [0.15, 0.2) is 49.1 Å². The molecule has 8 heteroatoms. The summed E-state index contributed by atoms with van der Waals surface area (Å²) in [6.07, 6.45) is 7.87. The lowest BCUT2D eigenvalue weighted by Gasteiger charge is -2.35. The first-order valence-electron chi connectivity index (χ1n) is 9.43. The number of rotatable bonds is 2. The highest BCUT2D eigenvalue weighted by molar-refractivity contribution is 6.30. The van der Waals surface area contributed by atoms with Crippen molar-refractivity contribution in [2.24, 2.45) is 7.05 Å². The van der Waals surface area contributed by atoms with Crippen LogP contribution in [-0.4, -0.2) is 41.7 Å². The van der Waals surface area contributed by atoms with Crippen molar-refractivity contribution in [3.63, 3.8) is 0 Å². The minimum absolute atomic E-state index is 0.0319. The summed E-state index contributed by atoms with van der Waals surface area (Å²) >= 11 is 5.97. The molecule has 0 radical (unpaired) electrons. The van der Waals surface area contributed by atoms with Gasteiger partial charge in [-0.1, -0.05) is 29.8 Å². The fourth-order valence-electron chi connectivity index (χ4n) is 3.97. The van der Waals surface area contributed by atoms with E-state index in [-0.39, 0.29) is 11.9 Å². The molecular formula is C21H19ClN6O. The molecular weight excluding hydrogens is 388 g/mol. The second kappa shape index (κ2) is 6.70. The van der Waals surface area contributed by atoms with Crippen molar-refractivity contribution in [2.45, 2.75) is 19.4 Å². The third-order valence-electron chi connectivity index (χ3n) is 5.48. The van der Waals surface area contributed by atoms with Gasteiger partial charge in [0.2, 0.25) is 0 Å². The molecule has 3 aromatic heterocycles. The maximum absolute atomic E-state index is 13.1. The number of hydrogen-bond donors (Lipinski definition) is 0. The van der Waals surface area contributed by atoms with Crippen LogP contribution < -0.4 is 0 Å². The molecule has 0 saturated carbocycles. The molecule has 0 fully saturated rings. The van der Waals surface area contributed by atoms with Gasteiger partial charge in [-0.05, 0) is 30.0 Å². The normalized spacial score (nSPS) is 16.2. The Balaban J connectivity index is 1.44. The lowest BCUT2D eigenvalue weighted by atomic mass is 9.90. The minimum Gasteiger partial charge on any atom is -0.330 e. The monoisotopic (exact) mass is 406 g/mol. The summed E-state index contributed by atoms with van der Waals surface area (Å²) in [6.45, 7) is 2.70. The highest BCUT2D eigenvalue weighted by Gasteiger charge is 2.30. The van der Waals surface area contributed by atoms with E-state index in [2.05, 4.69) is 40.3 Å². The first-order chi connectivity index (χ1) is 14.0. The van der Waals surface area contributed by atoms with Crippen molar-refractivity contribution in [2.75, 3.05) is 6.54 Å². The lowest BCUT2D eigenvalue weighted by molar-refractivity contribution is 0.0671. The van der Waals surface area contributed by atoms with Gasteiger partial charge in [0.15, 0.2) is 11.3 Å². The summed E-state index contributed by atoms with van der Waals surface area (Å²) in [6, 6.07) is 8.09. The number of nitrogens with zero attached hydrogens (tertiary/aromatic N) is 6. The quantitative estimate of drug-likeness (QED) is 0.510. The van der Waals surface area contributed by atoms with Crippen LogP contribution in [0.2, 0.25) is 5.02 Å². The summed E-state index contributed by atoms with van der Waals surface area (Å²) in [5.41, 5.74) is 5.66. The van der Waals surface area contributed by atoms with Gasteiger partial charge in [0, 0.05) is 37.6 Å². The van der Waals surface area contributed by atoms with Crippen molar-refractivity contribution in [1.82, 2.24) is 29.3 Å². The van der Waals surface area contributed by atoms with Crippen molar-refractivity contribution >= 4 is 23.2 Å². The van der Waals surface area contributed by atoms with E-state index in [4.69, 9.17) is 11.6 Å². The van der Waals surface area contributed by atoms with E-state index in [0.29, 0.717) is 22.9 Å². The fraction of sp³-hybridized carbons (Fsp3) is 0.238. The molecule has 0 N–H and O–H groups in total. The number of halogens is 1. The zero-order valence-corrected chi connectivity index (χ0v) is 16.8. The number of carbonyl (C=O) groups is 1. The molecule has 5 rings (SSSR count). The van der Waals surface area contributed by atoms with E-state index in [1.54, 1.807) is 23.1 Å². The molecule has 0 saturated heterocycles. The van der Waals surface area contributed by atoms with Gasteiger partial charge in [-0.3, -0.25) is 9.48 Å². The summed E-state index contributed by atoms with van der Waals surface area (Å²) in [5.74, 6) is -0.0962. The molecule has 0 aliphatic carbocycles. The molecule has 1 amide bonds. The maximum Gasteiger partial charge on any atom is 0.274 e. The Bertz CT molecular complexity index is 1240. The van der Waals surface area contributed by atoms with Crippen LogP contribution in [0.5, 0.6) is 0 Å². The number of aromatic nitrogens is 5. The molecule has 1 aliphatic heterocycles. The van der Waals surface area contributed by atoms with Crippen molar-refractivity contribution in [1.29, 1.82) is 0 Å². The number of amides is 1. The van der Waals surface area contributed by atoms with Gasteiger partial charge in [0.05, 0.1) is 23.5 Å². The third kappa shape index (κ3) is 3.07. The van der Waals surface area contributed by atoms with Gasteiger partial charge >= 0.3 is 0 Å². The van der Waals surface area contributed by atoms with E-state index >= 15 is 0 Å². The van der Waals surface area contributed by atoms with E-state index in [0.717, 1.165) is 17.5 Å². The first-order valence-corrected chi connectivity index (χ1v) is 9.81. The molecule has 1 aromatic carbocycles. The van der Waals surface area contributed by atoms with Gasteiger partial charge in [-0.15, -0.1) is 0 Å². The molecule has 0 spiro atoms. The zero-order valence-electron chi connectivity index (χ0n) is 16.1. The van der Waals surface area contributed by atoms with E-state index < -0.39 is 0 Å². The zero-order chi connectivity index (χ0) is 20.1. The summed E-state index contributed by atoms with van der Waals surface area (Å²) in [5, 5.41) is 9.09. The number of carbonyl (C=O) groups excluding carboxylic acids is 1. The SMILES string of the molecule is CC1c2ccc(-c3cnn(C)c3)cc2CCN1C(=O)c1cc2ncc(Cl)cn2n1. The number of fused-ring (bicyclic) bond motifs is 2. The van der Waals surface area contributed by atoms with E-state index in [9.17, 15) is 4.79 Å². The fourth-order valence-corrected chi connectivity index (χ4v) is 4.11.